The van der Waals surface area contributed by atoms with E-state index in [1.165, 1.54) is 0 Å². The molecule has 102 valence electrons. The Kier molecular flexibility index (Phi) is 4.22. The maximum atomic E-state index is 10.4. The molecule has 0 bridgehead atoms. The third-order valence-corrected chi connectivity index (χ3v) is 3.50. The molecule has 2 aromatic heterocycles. The number of hydrogen-bond acceptors (Lipinski definition) is 3. The second-order valence-electron chi connectivity index (χ2n) is 4.91. The van der Waals surface area contributed by atoms with Crippen LogP contribution in [0.5, 0.6) is 0 Å². The van der Waals surface area contributed by atoms with Crippen molar-refractivity contribution in [3.8, 4) is 0 Å². The number of aromatic nitrogens is 3. The summed E-state index contributed by atoms with van der Waals surface area (Å²) in [5.41, 5.74) is 2.39. The van der Waals surface area contributed by atoms with Gasteiger partial charge in [0, 0.05) is 30.9 Å². The van der Waals surface area contributed by atoms with Crippen LogP contribution < -0.4 is 0 Å². The summed E-state index contributed by atoms with van der Waals surface area (Å²) >= 11 is 6.24. The molecule has 4 nitrogen and oxygen atoms in total. The minimum absolute atomic E-state index is 0.215. The normalized spacial score (nSPS) is 12.9. The lowest BCUT2D eigenvalue weighted by Gasteiger charge is -2.12. The van der Waals surface area contributed by atoms with Crippen LogP contribution in [0.2, 0.25) is 5.15 Å². The van der Waals surface area contributed by atoms with E-state index >= 15 is 0 Å². The van der Waals surface area contributed by atoms with E-state index in [-0.39, 0.29) is 5.92 Å². The van der Waals surface area contributed by atoms with Crippen molar-refractivity contribution in [1.29, 1.82) is 0 Å². The topological polar surface area (TPSA) is 50.9 Å². The number of pyridine rings is 1. The summed E-state index contributed by atoms with van der Waals surface area (Å²) in [5.74, 6) is 0.215. The number of aliphatic hydroxyl groups excluding tert-OH is 1. The second-order valence-corrected chi connectivity index (χ2v) is 5.27. The first-order valence-corrected chi connectivity index (χ1v) is 6.68. The number of hydrogen-bond donors (Lipinski definition) is 1. The first-order valence-electron chi connectivity index (χ1n) is 6.31. The van der Waals surface area contributed by atoms with E-state index in [1.807, 2.05) is 32.0 Å². The summed E-state index contributed by atoms with van der Waals surface area (Å²) in [6.45, 7) is 4.07. The molecule has 0 aliphatic rings. The Balaban J connectivity index is 2.31. The minimum atomic E-state index is -0.687. The molecule has 1 unspecified atom stereocenters. The Labute approximate surface area is 118 Å². The molecule has 19 heavy (non-hydrogen) atoms. The van der Waals surface area contributed by atoms with Crippen LogP contribution in [0.15, 0.2) is 24.4 Å². The summed E-state index contributed by atoms with van der Waals surface area (Å²) in [6, 6.07) is 5.65. The van der Waals surface area contributed by atoms with Gasteiger partial charge in [0.15, 0.2) is 0 Å². The van der Waals surface area contributed by atoms with E-state index in [1.54, 1.807) is 17.9 Å². The highest BCUT2D eigenvalue weighted by Crippen LogP contribution is 2.32. The molecule has 0 fully saturated rings. The van der Waals surface area contributed by atoms with Gasteiger partial charge in [-0.05, 0) is 18.1 Å². The molecule has 2 rings (SSSR count). The lowest BCUT2D eigenvalue weighted by Crippen LogP contribution is -2.06. The van der Waals surface area contributed by atoms with Crippen molar-refractivity contribution < 1.29 is 5.11 Å². The van der Waals surface area contributed by atoms with E-state index in [4.69, 9.17) is 11.6 Å². The molecule has 1 N–H and O–H groups in total. The molecule has 0 saturated carbocycles. The van der Waals surface area contributed by atoms with Crippen LogP contribution in [0.4, 0.5) is 0 Å². The highest BCUT2D eigenvalue weighted by molar-refractivity contribution is 6.30. The fourth-order valence-corrected chi connectivity index (χ4v) is 2.35. The maximum absolute atomic E-state index is 10.4. The molecule has 0 radical (unpaired) electrons. The number of aliphatic hydroxyl groups is 1. The fraction of sp³-hybridized carbons (Fsp3) is 0.429. The summed E-state index contributed by atoms with van der Waals surface area (Å²) in [5, 5.41) is 15.3. The number of rotatable bonds is 4. The average Bonchev–Trinajstić information content (AvgIpc) is 2.67. The summed E-state index contributed by atoms with van der Waals surface area (Å²) < 4.78 is 1.61. The van der Waals surface area contributed by atoms with E-state index in [9.17, 15) is 5.11 Å². The van der Waals surface area contributed by atoms with Crippen LogP contribution in [-0.2, 0) is 13.5 Å². The quantitative estimate of drug-likeness (QED) is 0.936. The predicted octanol–water partition coefficient (Wildman–Crippen LogP) is 2.87. The Morgan fingerprint density at radius 2 is 2.11 bits per heavy atom. The summed E-state index contributed by atoms with van der Waals surface area (Å²) in [4.78, 5) is 4.22. The van der Waals surface area contributed by atoms with Gasteiger partial charge in [0.05, 0.1) is 11.8 Å². The smallest absolute Gasteiger partial charge is 0.132 e. The highest BCUT2D eigenvalue weighted by Gasteiger charge is 2.23. The number of aryl methyl sites for hydroxylation is 1. The van der Waals surface area contributed by atoms with Crippen molar-refractivity contribution in [2.75, 3.05) is 0 Å². The van der Waals surface area contributed by atoms with Gasteiger partial charge in [-0.2, -0.15) is 5.10 Å². The van der Waals surface area contributed by atoms with Gasteiger partial charge in [-0.3, -0.25) is 9.67 Å². The van der Waals surface area contributed by atoms with Gasteiger partial charge in [-0.15, -0.1) is 0 Å². The van der Waals surface area contributed by atoms with E-state index in [0.717, 1.165) is 11.4 Å². The van der Waals surface area contributed by atoms with E-state index < -0.39 is 6.10 Å². The Hall–Kier alpha value is -1.39. The fourth-order valence-electron chi connectivity index (χ4n) is 2.09. The van der Waals surface area contributed by atoms with Crippen LogP contribution in [0.3, 0.4) is 0 Å². The molecule has 2 aromatic rings. The van der Waals surface area contributed by atoms with Crippen molar-refractivity contribution >= 4 is 11.6 Å². The first kappa shape index (κ1) is 14.0. The van der Waals surface area contributed by atoms with Gasteiger partial charge >= 0.3 is 0 Å². The zero-order chi connectivity index (χ0) is 14.0. The van der Waals surface area contributed by atoms with Crippen molar-refractivity contribution in [3.63, 3.8) is 0 Å². The van der Waals surface area contributed by atoms with Crippen LogP contribution in [0.25, 0.3) is 0 Å². The minimum Gasteiger partial charge on any atom is -0.388 e. The van der Waals surface area contributed by atoms with E-state index in [2.05, 4.69) is 10.1 Å². The van der Waals surface area contributed by atoms with Gasteiger partial charge in [-0.25, -0.2) is 0 Å². The lowest BCUT2D eigenvalue weighted by molar-refractivity contribution is 0.176. The molecular formula is C14H18ClN3O. The molecule has 1 atom stereocenters. The van der Waals surface area contributed by atoms with Gasteiger partial charge in [0.25, 0.3) is 0 Å². The number of halogens is 1. The average molecular weight is 280 g/mol. The van der Waals surface area contributed by atoms with Gasteiger partial charge < -0.3 is 5.11 Å². The molecule has 2 heterocycles. The number of nitrogens with zero attached hydrogens (tertiary/aromatic N) is 3. The maximum Gasteiger partial charge on any atom is 0.132 e. The Morgan fingerprint density at radius 3 is 2.68 bits per heavy atom. The molecular weight excluding hydrogens is 262 g/mol. The van der Waals surface area contributed by atoms with Crippen molar-refractivity contribution in [3.05, 3.63) is 46.5 Å². The molecule has 0 aromatic carbocycles. The molecule has 0 saturated heterocycles. The SMILES string of the molecule is CC(C)c1nn(C)c(Cl)c1C(O)Cc1ccccn1. The van der Waals surface area contributed by atoms with Gasteiger partial charge in [0.1, 0.15) is 5.15 Å². The van der Waals surface area contributed by atoms with Crippen LogP contribution in [0.1, 0.15) is 42.8 Å². The first-order chi connectivity index (χ1) is 9.00. The van der Waals surface area contributed by atoms with Gasteiger partial charge in [0.2, 0.25) is 0 Å². The molecule has 0 aliphatic carbocycles. The Morgan fingerprint density at radius 1 is 1.37 bits per heavy atom. The third kappa shape index (κ3) is 2.96. The molecule has 0 aliphatic heterocycles. The van der Waals surface area contributed by atoms with Gasteiger partial charge in [-0.1, -0.05) is 31.5 Å². The largest absolute Gasteiger partial charge is 0.388 e. The third-order valence-electron chi connectivity index (χ3n) is 3.05. The Bertz CT molecular complexity index is 551. The van der Waals surface area contributed by atoms with Crippen LogP contribution in [-0.4, -0.2) is 19.9 Å². The predicted molar refractivity (Wildman–Crippen MR) is 75.2 cm³/mol. The summed E-state index contributed by atoms with van der Waals surface area (Å²) in [7, 11) is 1.78. The summed E-state index contributed by atoms with van der Waals surface area (Å²) in [6.07, 6.45) is 1.47. The second kappa shape index (κ2) is 5.72. The highest BCUT2D eigenvalue weighted by atomic mass is 35.5. The van der Waals surface area contributed by atoms with Crippen molar-refractivity contribution in [2.24, 2.45) is 7.05 Å². The van der Waals surface area contributed by atoms with Crippen LogP contribution in [0, 0.1) is 0 Å². The molecule has 5 heteroatoms. The lowest BCUT2D eigenvalue weighted by atomic mass is 9.99. The standard InChI is InChI=1S/C14H18ClN3O/c1-9(2)13-12(14(15)18(3)17-13)11(19)8-10-6-4-5-7-16-10/h4-7,9,11,19H,8H2,1-3H3. The van der Waals surface area contributed by atoms with Crippen molar-refractivity contribution in [1.82, 2.24) is 14.8 Å². The molecule has 0 spiro atoms. The molecule has 0 amide bonds. The zero-order valence-corrected chi connectivity index (χ0v) is 12.1. The van der Waals surface area contributed by atoms with E-state index in [0.29, 0.717) is 17.1 Å². The monoisotopic (exact) mass is 279 g/mol. The zero-order valence-electron chi connectivity index (χ0n) is 11.3. The van der Waals surface area contributed by atoms with Crippen LogP contribution >= 0.6 is 11.6 Å². The van der Waals surface area contributed by atoms with Crippen molar-refractivity contribution in [2.45, 2.75) is 32.3 Å².